The predicted molar refractivity (Wildman–Crippen MR) is 108 cm³/mol. The topological polar surface area (TPSA) is 40.5 Å². The Hall–Kier alpha value is -0.780. The minimum Gasteiger partial charge on any atom is -0.396 e. The van der Waals surface area contributed by atoms with Crippen molar-refractivity contribution >= 4 is 34.5 Å². The van der Waals surface area contributed by atoms with Crippen molar-refractivity contribution in [3.63, 3.8) is 0 Å². The lowest BCUT2D eigenvalue weighted by molar-refractivity contribution is 0.0958. The van der Waals surface area contributed by atoms with E-state index in [4.69, 9.17) is 5.11 Å². The number of Topliss-reactive ketones (excluding diaryl/α,β-unsaturated/α-hetero) is 1. The van der Waals surface area contributed by atoms with Crippen molar-refractivity contribution in [2.45, 2.75) is 46.0 Å². The largest absolute Gasteiger partial charge is 0.396 e. The highest BCUT2D eigenvalue weighted by molar-refractivity contribution is 8.93. The lowest BCUT2D eigenvalue weighted by Gasteiger charge is -2.18. The number of carbonyl (C=O) groups excluding carboxylic acids is 1. The third kappa shape index (κ3) is 5.94. The molecule has 1 aromatic carbocycles. The quantitative estimate of drug-likeness (QED) is 0.466. The molecule has 0 atom stereocenters. The van der Waals surface area contributed by atoms with Gasteiger partial charge >= 0.3 is 0 Å². The van der Waals surface area contributed by atoms with Crippen LogP contribution < -0.4 is 0 Å². The maximum Gasteiger partial charge on any atom is 0.182 e. The zero-order valence-electron chi connectivity index (χ0n) is 14.6. The maximum absolute atomic E-state index is 12.5. The van der Waals surface area contributed by atoms with Crippen LogP contribution in [0.5, 0.6) is 0 Å². The molecule has 0 spiro atoms. The van der Waals surface area contributed by atoms with Crippen molar-refractivity contribution in [1.29, 1.82) is 0 Å². The smallest absolute Gasteiger partial charge is 0.182 e. The van der Waals surface area contributed by atoms with Crippen LogP contribution in [0.15, 0.2) is 34.9 Å². The van der Waals surface area contributed by atoms with Crippen LogP contribution >= 0.6 is 28.7 Å². The summed E-state index contributed by atoms with van der Waals surface area (Å²) < 4.78 is 0. The van der Waals surface area contributed by atoms with Gasteiger partial charge in [0.25, 0.3) is 0 Å². The van der Waals surface area contributed by atoms with Gasteiger partial charge in [0.05, 0.1) is 12.4 Å². The van der Waals surface area contributed by atoms with Gasteiger partial charge in [0.1, 0.15) is 0 Å². The summed E-state index contributed by atoms with van der Waals surface area (Å²) >= 11 is 1.73. The number of nitrogens with zero attached hydrogens (tertiary/aromatic N) is 1. The van der Waals surface area contributed by atoms with E-state index in [1.807, 2.05) is 19.1 Å². The van der Waals surface area contributed by atoms with Crippen molar-refractivity contribution in [3.05, 3.63) is 46.0 Å². The van der Waals surface area contributed by atoms with Crippen LogP contribution in [-0.4, -0.2) is 34.8 Å². The maximum atomic E-state index is 12.5. The van der Waals surface area contributed by atoms with Crippen LogP contribution in [0.3, 0.4) is 0 Å². The van der Waals surface area contributed by atoms with Gasteiger partial charge in [0, 0.05) is 29.2 Å². The van der Waals surface area contributed by atoms with Gasteiger partial charge in [-0.3, -0.25) is 4.79 Å². The summed E-state index contributed by atoms with van der Waals surface area (Å²) in [6, 6.07) is 8.09. The Labute approximate surface area is 160 Å². The second kappa shape index (κ2) is 11.0. The molecule has 0 unspecified atom stereocenters. The number of aliphatic hydroxyl groups is 1. The first-order chi connectivity index (χ1) is 11.2. The summed E-state index contributed by atoms with van der Waals surface area (Å²) in [6.07, 6.45) is 5.49. The zero-order chi connectivity index (χ0) is 16.7. The van der Waals surface area contributed by atoms with E-state index in [0.717, 1.165) is 23.6 Å². The van der Waals surface area contributed by atoms with Crippen molar-refractivity contribution in [2.75, 3.05) is 19.0 Å². The average Bonchev–Trinajstić information content (AvgIpc) is 2.89. The first-order valence-electron chi connectivity index (χ1n) is 8.46. The summed E-state index contributed by atoms with van der Waals surface area (Å²) in [5, 5.41) is 9.06. The first-order valence-corrected chi connectivity index (χ1v) is 9.44. The molecule has 1 aromatic rings. The Balaban J connectivity index is 0.00000288. The molecule has 0 saturated carbocycles. The Morgan fingerprint density at radius 3 is 2.54 bits per heavy atom. The number of halogens is 1. The Kier molecular flexibility index (Phi) is 9.71. The lowest BCUT2D eigenvalue weighted by atomic mass is 10.0. The number of allylic oxidation sites excluding steroid dienone is 1. The van der Waals surface area contributed by atoms with E-state index in [2.05, 4.69) is 24.0 Å². The molecule has 0 bridgehead atoms. The molecule has 0 amide bonds. The van der Waals surface area contributed by atoms with E-state index in [1.54, 1.807) is 11.8 Å². The molecule has 5 heteroatoms. The van der Waals surface area contributed by atoms with Crippen molar-refractivity contribution < 1.29 is 9.90 Å². The molecule has 0 saturated heterocycles. The Bertz CT molecular complexity index is 557. The van der Waals surface area contributed by atoms with E-state index in [1.165, 1.54) is 29.7 Å². The molecule has 1 aliphatic rings. The minimum atomic E-state index is 0. The molecular weight excluding hydrogens is 386 g/mol. The molecule has 1 N–H and O–H groups in total. The first kappa shape index (κ1) is 21.3. The Morgan fingerprint density at radius 1 is 1.21 bits per heavy atom. The standard InChI is InChI=1S/C19H27NO2S.BrH/c1-3-4-5-6-16-7-9-17(10-8-16)18(22)13-20-14-23-19(11-12-21)15(20)2;/h7-10,21H,3-6,11-14H2,1-2H3;1H. The van der Waals surface area contributed by atoms with Gasteiger partial charge in [-0.15, -0.1) is 28.7 Å². The average molecular weight is 414 g/mol. The van der Waals surface area contributed by atoms with Gasteiger partial charge in [-0.1, -0.05) is 44.0 Å². The summed E-state index contributed by atoms with van der Waals surface area (Å²) in [7, 11) is 0. The minimum absolute atomic E-state index is 0. The number of aliphatic hydroxyl groups excluding tert-OH is 1. The second-order valence-electron chi connectivity index (χ2n) is 6.03. The number of rotatable bonds is 9. The number of hydrogen-bond acceptors (Lipinski definition) is 4. The van der Waals surface area contributed by atoms with Gasteiger partial charge < -0.3 is 10.0 Å². The van der Waals surface area contributed by atoms with E-state index in [9.17, 15) is 4.79 Å². The highest BCUT2D eigenvalue weighted by atomic mass is 79.9. The van der Waals surface area contributed by atoms with E-state index >= 15 is 0 Å². The lowest BCUT2D eigenvalue weighted by Crippen LogP contribution is -2.25. The van der Waals surface area contributed by atoms with E-state index in [0.29, 0.717) is 13.0 Å². The number of hydrogen-bond donors (Lipinski definition) is 1. The number of aryl methyl sites for hydroxylation is 1. The fraction of sp³-hybridized carbons (Fsp3) is 0.526. The van der Waals surface area contributed by atoms with E-state index < -0.39 is 0 Å². The Morgan fingerprint density at radius 2 is 1.92 bits per heavy atom. The summed E-state index contributed by atoms with van der Waals surface area (Å²) in [5.41, 5.74) is 3.24. The summed E-state index contributed by atoms with van der Waals surface area (Å²) in [5.74, 6) is 0.970. The molecule has 0 aromatic heterocycles. The zero-order valence-corrected chi connectivity index (χ0v) is 17.1. The van der Waals surface area contributed by atoms with Crippen LogP contribution in [0.25, 0.3) is 0 Å². The molecule has 2 rings (SSSR count). The molecule has 24 heavy (non-hydrogen) atoms. The molecule has 3 nitrogen and oxygen atoms in total. The highest BCUT2D eigenvalue weighted by Crippen LogP contribution is 2.33. The van der Waals surface area contributed by atoms with Crippen molar-refractivity contribution in [2.24, 2.45) is 0 Å². The number of unbranched alkanes of at least 4 members (excludes halogenated alkanes) is 2. The second-order valence-corrected chi connectivity index (χ2v) is 7.07. The third-order valence-corrected chi connectivity index (χ3v) is 5.58. The molecule has 1 aliphatic heterocycles. The van der Waals surface area contributed by atoms with E-state index in [-0.39, 0.29) is 29.4 Å². The molecular formula is C19H28BrNO2S. The van der Waals surface area contributed by atoms with Crippen molar-refractivity contribution in [3.8, 4) is 0 Å². The van der Waals surface area contributed by atoms with Crippen LogP contribution in [0.2, 0.25) is 0 Å². The van der Waals surface area contributed by atoms with Gasteiger partial charge in [0.2, 0.25) is 0 Å². The number of benzene rings is 1. The monoisotopic (exact) mass is 413 g/mol. The van der Waals surface area contributed by atoms with Gasteiger partial charge in [-0.05, 0) is 25.3 Å². The van der Waals surface area contributed by atoms with Gasteiger partial charge in [-0.2, -0.15) is 0 Å². The van der Waals surface area contributed by atoms with Gasteiger partial charge in [0.15, 0.2) is 5.78 Å². The number of ketones is 1. The van der Waals surface area contributed by atoms with Crippen LogP contribution in [-0.2, 0) is 6.42 Å². The molecule has 0 aliphatic carbocycles. The number of carbonyl (C=O) groups is 1. The molecule has 1 heterocycles. The van der Waals surface area contributed by atoms with Crippen LogP contribution in [0, 0.1) is 0 Å². The van der Waals surface area contributed by atoms with Crippen LogP contribution in [0.4, 0.5) is 0 Å². The predicted octanol–water partition coefficient (Wildman–Crippen LogP) is 4.80. The fourth-order valence-electron chi connectivity index (χ4n) is 2.75. The van der Waals surface area contributed by atoms with Crippen LogP contribution in [0.1, 0.15) is 55.5 Å². The normalized spacial score (nSPS) is 14.0. The summed E-state index contributed by atoms with van der Waals surface area (Å²) in [4.78, 5) is 15.8. The third-order valence-electron chi connectivity index (χ3n) is 4.29. The SMILES string of the molecule is Br.CCCCCc1ccc(C(=O)CN2CSC(CCO)=C2C)cc1. The summed E-state index contributed by atoms with van der Waals surface area (Å²) in [6.45, 7) is 4.83. The van der Waals surface area contributed by atoms with Gasteiger partial charge in [-0.25, -0.2) is 0 Å². The fourth-order valence-corrected chi connectivity index (χ4v) is 3.92. The highest BCUT2D eigenvalue weighted by Gasteiger charge is 2.21. The van der Waals surface area contributed by atoms with Crippen molar-refractivity contribution in [1.82, 2.24) is 4.90 Å². The molecule has 0 fully saturated rings. The molecule has 134 valence electrons. The molecule has 0 radical (unpaired) electrons. The number of thioether (sulfide) groups is 1.